The number of hydrogen-bond acceptors (Lipinski definition) is 5. The van der Waals surface area contributed by atoms with Crippen LogP contribution in [0.2, 0.25) is 0 Å². The van der Waals surface area contributed by atoms with E-state index in [4.69, 9.17) is 5.11 Å². The van der Waals surface area contributed by atoms with Gasteiger partial charge in [0.2, 0.25) is 0 Å². The average Bonchev–Trinajstić information content (AvgIpc) is 2.06. The third-order valence-electron chi connectivity index (χ3n) is 1.02. The fourth-order valence-corrected chi connectivity index (χ4v) is 0.529. The van der Waals surface area contributed by atoms with E-state index in [-0.39, 0.29) is 0 Å². The Labute approximate surface area is 63.8 Å². The van der Waals surface area contributed by atoms with Gasteiger partial charge in [-0.3, -0.25) is 0 Å². The molecule has 1 unspecified atom stereocenters. The van der Waals surface area contributed by atoms with Crippen LogP contribution in [0, 0.1) is 0 Å². The second kappa shape index (κ2) is 3.62. The van der Waals surface area contributed by atoms with Crippen LogP contribution in [0.5, 0.6) is 0 Å². The van der Waals surface area contributed by atoms with Gasteiger partial charge in [0.1, 0.15) is 6.23 Å². The van der Waals surface area contributed by atoms with Crippen molar-refractivity contribution in [3.63, 3.8) is 0 Å². The van der Waals surface area contributed by atoms with Crippen molar-refractivity contribution in [2.24, 2.45) is 0 Å². The minimum Gasteiger partial charge on any atom is -0.370 e. The van der Waals surface area contributed by atoms with Gasteiger partial charge < -0.3 is 10.4 Å². The lowest BCUT2D eigenvalue weighted by molar-refractivity contribution is 0.252. The van der Waals surface area contributed by atoms with Crippen molar-refractivity contribution >= 4 is 5.82 Å². The lowest BCUT2D eigenvalue weighted by atomic mass is 10.5. The quantitative estimate of drug-likeness (QED) is 0.463. The topological polar surface area (TPSA) is 70.9 Å². The molecule has 0 saturated carbocycles. The molecular formula is C6H8N4O. The minimum atomic E-state index is -0.799. The summed E-state index contributed by atoms with van der Waals surface area (Å²) in [5, 5.41) is 22.0. The maximum Gasteiger partial charge on any atom is 0.154 e. The van der Waals surface area contributed by atoms with Gasteiger partial charge in [0.15, 0.2) is 5.82 Å². The molecule has 0 aliphatic rings. The van der Waals surface area contributed by atoms with Crippen LogP contribution in [0.3, 0.4) is 0 Å². The molecule has 11 heavy (non-hydrogen) atoms. The zero-order chi connectivity index (χ0) is 8.10. The van der Waals surface area contributed by atoms with Gasteiger partial charge in [-0.1, -0.05) is 6.58 Å². The number of anilines is 1. The molecule has 1 atom stereocenters. The van der Waals surface area contributed by atoms with Crippen LogP contribution in [-0.4, -0.2) is 26.7 Å². The van der Waals surface area contributed by atoms with Gasteiger partial charge in [0.25, 0.3) is 0 Å². The second-order valence-electron chi connectivity index (χ2n) is 1.83. The Morgan fingerprint density at radius 2 is 2.55 bits per heavy atom. The maximum atomic E-state index is 8.99. The fraction of sp³-hybridized carbons (Fsp3) is 0.167. The molecule has 1 heterocycles. The van der Waals surface area contributed by atoms with Gasteiger partial charge >= 0.3 is 0 Å². The SMILES string of the molecule is C=CC(O)Nc1ccnnn1. The lowest BCUT2D eigenvalue weighted by Gasteiger charge is -2.06. The van der Waals surface area contributed by atoms with E-state index in [0.717, 1.165) is 0 Å². The van der Waals surface area contributed by atoms with Crippen molar-refractivity contribution in [1.82, 2.24) is 15.4 Å². The zero-order valence-electron chi connectivity index (χ0n) is 5.81. The van der Waals surface area contributed by atoms with Crippen molar-refractivity contribution in [2.75, 3.05) is 5.32 Å². The summed E-state index contributed by atoms with van der Waals surface area (Å²) >= 11 is 0. The maximum absolute atomic E-state index is 8.99. The molecule has 2 N–H and O–H groups in total. The van der Waals surface area contributed by atoms with Crippen LogP contribution >= 0.6 is 0 Å². The van der Waals surface area contributed by atoms with Crippen molar-refractivity contribution in [3.8, 4) is 0 Å². The van der Waals surface area contributed by atoms with Gasteiger partial charge in [0, 0.05) is 6.07 Å². The Bertz CT molecular complexity index is 225. The van der Waals surface area contributed by atoms with Crippen LogP contribution in [0.4, 0.5) is 5.82 Å². The molecule has 0 radical (unpaired) electrons. The summed E-state index contributed by atoms with van der Waals surface area (Å²) in [4.78, 5) is 0. The fourth-order valence-electron chi connectivity index (χ4n) is 0.529. The molecular weight excluding hydrogens is 144 g/mol. The standard InChI is InChI=1S/C6H8N4O/c1-2-6(11)8-5-3-4-7-10-9-5/h2-4,6,11H,1H2,(H,7,8,9). The number of aromatic nitrogens is 3. The van der Waals surface area contributed by atoms with E-state index in [1.165, 1.54) is 12.3 Å². The number of aliphatic hydroxyl groups is 1. The molecule has 0 amide bonds. The lowest BCUT2D eigenvalue weighted by Crippen LogP contribution is -2.16. The number of hydrogen-bond donors (Lipinski definition) is 2. The van der Waals surface area contributed by atoms with Gasteiger partial charge in [-0.2, -0.15) is 0 Å². The predicted octanol–water partition coefficient (Wildman–Crippen LogP) is -0.212. The summed E-state index contributed by atoms with van der Waals surface area (Å²) in [5.41, 5.74) is 0. The van der Waals surface area contributed by atoms with Gasteiger partial charge in [-0.05, 0) is 11.3 Å². The largest absolute Gasteiger partial charge is 0.370 e. The normalized spacial score (nSPS) is 12.1. The van der Waals surface area contributed by atoms with E-state index >= 15 is 0 Å². The van der Waals surface area contributed by atoms with Gasteiger partial charge in [0.05, 0.1) is 6.20 Å². The highest BCUT2D eigenvalue weighted by molar-refractivity contribution is 5.31. The summed E-state index contributed by atoms with van der Waals surface area (Å²) in [6.45, 7) is 3.38. The molecule has 1 aromatic heterocycles. The molecule has 5 nitrogen and oxygen atoms in total. The first kappa shape index (κ1) is 7.62. The van der Waals surface area contributed by atoms with E-state index in [2.05, 4.69) is 27.3 Å². The molecule has 0 aliphatic carbocycles. The Morgan fingerprint density at radius 1 is 1.73 bits per heavy atom. The Kier molecular flexibility index (Phi) is 2.51. The Morgan fingerprint density at radius 3 is 3.09 bits per heavy atom. The smallest absolute Gasteiger partial charge is 0.154 e. The zero-order valence-corrected chi connectivity index (χ0v) is 5.81. The van der Waals surface area contributed by atoms with Crippen molar-refractivity contribution in [2.45, 2.75) is 6.23 Å². The Balaban J connectivity index is 2.57. The molecule has 0 spiro atoms. The molecule has 58 valence electrons. The van der Waals surface area contributed by atoms with Crippen LogP contribution in [0.15, 0.2) is 24.9 Å². The van der Waals surface area contributed by atoms with Gasteiger partial charge in [-0.15, -0.1) is 10.2 Å². The van der Waals surface area contributed by atoms with E-state index < -0.39 is 6.23 Å². The molecule has 0 bridgehead atoms. The second-order valence-corrected chi connectivity index (χ2v) is 1.83. The Hall–Kier alpha value is -1.49. The summed E-state index contributed by atoms with van der Waals surface area (Å²) in [7, 11) is 0. The van der Waals surface area contributed by atoms with Crippen LogP contribution in [0.25, 0.3) is 0 Å². The monoisotopic (exact) mass is 152 g/mol. The van der Waals surface area contributed by atoms with Crippen molar-refractivity contribution in [1.29, 1.82) is 0 Å². The molecule has 0 aromatic carbocycles. The van der Waals surface area contributed by atoms with E-state index in [1.54, 1.807) is 6.07 Å². The first-order valence-electron chi connectivity index (χ1n) is 3.04. The highest BCUT2D eigenvalue weighted by atomic mass is 16.3. The minimum absolute atomic E-state index is 0.465. The molecule has 5 heteroatoms. The van der Waals surface area contributed by atoms with Crippen LogP contribution < -0.4 is 5.32 Å². The van der Waals surface area contributed by atoms with E-state index in [1.807, 2.05) is 0 Å². The third-order valence-corrected chi connectivity index (χ3v) is 1.02. The van der Waals surface area contributed by atoms with Crippen LogP contribution in [0.1, 0.15) is 0 Å². The van der Waals surface area contributed by atoms with Crippen LogP contribution in [-0.2, 0) is 0 Å². The van der Waals surface area contributed by atoms with Crippen molar-refractivity contribution < 1.29 is 5.11 Å². The number of rotatable bonds is 3. The average molecular weight is 152 g/mol. The first-order chi connectivity index (χ1) is 5.33. The van der Waals surface area contributed by atoms with E-state index in [9.17, 15) is 0 Å². The summed E-state index contributed by atoms with van der Waals surface area (Å²) in [6.07, 6.45) is 2.03. The predicted molar refractivity (Wildman–Crippen MR) is 39.7 cm³/mol. The number of aliphatic hydroxyl groups excluding tert-OH is 1. The molecule has 1 aromatic rings. The van der Waals surface area contributed by atoms with Gasteiger partial charge in [-0.25, -0.2) is 0 Å². The molecule has 0 aliphatic heterocycles. The highest BCUT2D eigenvalue weighted by Gasteiger charge is 1.97. The first-order valence-corrected chi connectivity index (χ1v) is 3.04. The number of nitrogens with zero attached hydrogens (tertiary/aromatic N) is 3. The number of nitrogens with one attached hydrogen (secondary N) is 1. The summed E-state index contributed by atoms with van der Waals surface area (Å²) < 4.78 is 0. The molecule has 0 fully saturated rings. The molecule has 1 rings (SSSR count). The van der Waals surface area contributed by atoms with Crippen molar-refractivity contribution in [3.05, 3.63) is 24.9 Å². The summed E-state index contributed by atoms with van der Waals surface area (Å²) in [6, 6.07) is 1.60. The highest BCUT2D eigenvalue weighted by Crippen LogP contribution is 1.97. The summed E-state index contributed by atoms with van der Waals surface area (Å²) in [5.74, 6) is 0.465. The third kappa shape index (κ3) is 2.30. The van der Waals surface area contributed by atoms with E-state index in [0.29, 0.717) is 5.82 Å². The molecule has 0 saturated heterocycles.